The fourth-order valence-electron chi connectivity index (χ4n) is 3.13. The molecule has 1 fully saturated rings. The van der Waals surface area contributed by atoms with Crippen molar-refractivity contribution in [3.63, 3.8) is 0 Å². The first-order chi connectivity index (χ1) is 10.2. The normalized spacial score (nSPS) is 24.2. The van der Waals surface area contributed by atoms with Gasteiger partial charge in [-0.1, -0.05) is 12.1 Å². The lowest BCUT2D eigenvalue weighted by atomic mass is 9.76. The highest BCUT2D eigenvalue weighted by molar-refractivity contribution is 5.31. The van der Waals surface area contributed by atoms with E-state index in [2.05, 4.69) is 0 Å². The summed E-state index contributed by atoms with van der Waals surface area (Å²) < 4.78 is 10.8. The summed E-state index contributed by atoms with van der Waals surface area (Å²) in [6.07, 6.45) is 2.89. The van der Waals surface area contributed by atoms with Crippen LogP contribution < -0.4 is 10.5 Å². The van der Waals surface area contributed by atoms with Gasteiger partial charge in [-0.3, -0.25) is 0 Å². The second-order valence-corrected chi connectivity index (χ2v) is 5.84. The monoisotopic (exact) mass is 293 g/mol. The van der Waals surface area contributed by atoms with Crippen LogP contribution in [-0.2, 0) is 4.74 Å². The Balaban J connectivity index is 1.91. The predicted octanol–water partition coefficient (Wildman–Crippen LogP) is 2.30. The Bertz CT molecular complexity index is 432. The summed E-state index contributed by atoms with van der Waals surface area (Å²) in [4.78, 5) is 0. The zero-order valence-electron chi connectivity index (χ0n) is 13.0. The second kappa shape index (κ2) is 7.78. The zero-order valence-corrected chi connectivity index (χ0v) is 13.0. The number of hydrogen-bond acceptors (Lipinski definition) is 4. The zero-order chi connectivity index (χ0) is 15.2. The first kappa shape index (κ1) is 16.3. The average Bonchev–Trinajstić information content (AvgIpc) is 2.46. The van der Waals surface area contributed by atoms with Crippen molar-refractivity contribution in [2.24, 2.45) is 11.7 Å². The summed E-state index contributed by atoms with van der Waals surface area (Å²) in [5, 5.41) is 10.5. The van der Waals surface area contributed by atoms with E-state index >= 15 is 0 Å². The summed E-state index contributed by atoms with van der Waals surface area (Å²) >= 11 is 0. The lowest BCUT2D eigenvalue weighted by molar-refractivity contribution is -0.0398. The van der Waals surface area contributed by atoms with Crippen LogP contribution in [0.1, 0.15) is 37.7 Å². The van der Waals surface area contributed by atoms with E-state index in [9.17, 15) is 5.11 Å². The van der Waals surface area contributed by atoms with Crippen molar-refractivity contribution in [1.29, 1.82) is 0 Å². The maximum absolute atomic E-state index is 10.5. The number of hydrogen-bond donors (Lipinski definition) is 2. The van der Waals surface area contributed by atoms with Gasteiger partial charge in [-0.2, -0.15) is 0 Å². The lowest BCUT2D eigenvalue weighted by Crippen LogP contribution is -2.36. The third-order valence-corrected chi connectivity index (χ3v) is 4.41. The molecule has 3 N–H and O–H groups in total. The summed E-state index contributed by atoms with van der Waals surface area (Å²) in [7, 11) is 1.65. The van der Waals surface area contributed by atoms with E-state index in [1.54, 1.807) is 7.11 Å². The number of aliphatic hydroxyl groups is 1. The van der Waals surface area contributed by atoms with Gasteiger partial charge in [0.25, 0.3) is 0 Å². The van der Waals surface area contributed by atoms with Crippen LogP contribution in [0.4, 0.5) is 0 Å². The molecule has 1 aliphatic carbocycles. The molecule has 0 aromatic heterocycles. The highest BCUT2D eigenvalue weighted by atomic mass is 16.5. The van der Waals surface area contributed by atoms with Crippen molar-refractivity contribution in [3.05, 3.63) is 29.8 Å². The van der Waals surface area contributed by atoms with Crippen molar-refractivity contribution < 1.29 is 14.6 Å². The molecule has 118 valence electrons. The number of nitrogens with two attached hydrogens (primary N) is 1. The molecule has 21 heavy (non-hydrogen) atoms. The topological polar surface area (TPSA) is 64.7 Å². The van der Waals surface area contributed by atoms with Crippen LogP contribution in [0.2, 0.25) is 0 Å². The fourth-order valence-corrected chi connectivity index (χ4v) is 3.13. The van der Waals surface area contributed by atoms with Gasteiger partial charge in [0, 0.05) is 19.1 Å². The smallest absolute Gasteiger partial charge is 0.119 e. The standard InChI is InChI=1S/C17H27NO3/c1-3-21-15-7-12(8-15)9-17(19)16(11-18)13-5-4-6-14(10-13)20-2/h4-6,10,12,15-17,19H,3,7-9,11,18H2,1-2H3. The second-order valence-electron chi connectivity index (χ2n) is 5.84. The highest BCUT2D eigenvalue weighted by Crippen LogP contribution is 2.36. The van der Waals surface area contributed by atoms with Crippen molar-refractivity contribution in [1.82, 2.24) is 0 Å². The molecule has 0 bridgehead atoms. The van der Waals surface area contributed by atoms with Gasteiger partial charge >= 0.3 is 0 Å². The summed E-state index contributed by atoms with van der Waals surface area (Å²) in [5.74, 6) is 1.32. The molecular weight excluding hydrogens is 266 g/mol. The summed E-state index contributed by atoms with van der Waals surface area (Å²) in [6, 6.07) is 7.82. The molecule has 2 rings (SSSR count). The van der Waals surface area contributed by atoms with Crippen molar-refractivity contribution in [2.45, 2.75) is 44.3 Å². The SMILES string of the molecule is CCOC1CC(CC(O)C(CN)c2cccc(OC)c2)C1. The number of methoxy groups -OCH3 is 1. The number of benzene rings is 1. The Hall–Kier alpha value is -1.10. The molecule has 0 spiro atoms. The molecule has 0 aliphatic heterocycles. The Morgan fingerprint density at radius 1 is 1.38 bits per heavy atom. The third-order valence-electron chi connectivity index (χ3n) is 4.41. The highest BCUT2D eigenvalue weighted by Gasteiger charge is 2.33. The molecule has 0 amide bonds. The number of ether oxygens (including phenoxy) is 2. The van der Waals surface area contributed by atoms with Gasteiger partial charge in [0.05, 0.1) is 19.3 Å². The number of rotatable bonds is 8. The van der Waals surface area contributed by atoms with Gasteiger partial charge in [0.2, 0.25) is 0 Å². The first-order valence-electron chi connectivity index (χ1n) is 7.81. The van der Waals surface area contributed by atoms with Crippen LogP contribution in [-0.4, -0.2) is 37.6 Å². The Labute approximate surface area is 127 Å². The van der Waals surface area contributed by atoms with Crippen molar-refractivity contribution >= 4 is 0 Å². The number of aliphatic hydroxyl groups excluding tert-OH is 1. The van der Waals surface area contributed by atoms with Gasteiger partial charge in [-0.05, 0) is 49.8 Å². The molecule has 4 heteroatoms. The molecule has 1 aromatic rings. The van der Waals surface area contributed by atoms with Gasteiger partial charge < -0.3 is 20.3 Å². The quantitative estimate of drug-likeness (QED) is 0.772. The molecule has 0 heterocycles. The van der Waals surface area contributed by atoms with Crippen LogP contribution in [0.3, 0.4) is 0 Å². The molecule has 1 aliphatic rings. The van der Waals surface area contributed by atoms with Gasteiger partial charge in [0.1, 0.15) is 5.75 Å². The van der Waals surface area contributed by atoms with Crippen LogP contribution >= 0.6 is 0 Å². The average molecular weight is 293 g/mol. The van der Waals surface area contributed by atoms with E-state index in [1.807, 2.05) is 31.2 Å². The van der Waals surface area contributed by atoms with E-state index in [4.69, 9.17) is 15.2 Å². The maximum Gasteiger partial charge on any atom is 0.119 e. The Morgan fingerprint density at radius 3 is 2.76 bits per heavy atom. The third kappa shape index (κ3) is 4.19. The Morgan fingerprint density at radius 2 is 2.14 bits per heavy atom. The minimum atomic E-state index is -0.408. The van der Waals surface area contributed by atoms with Crippen LogP contribution in [0, 0.1) is 5.92 Å². The molecular formula is C17H27NO3. The van der Waals surface area contributed by atoms with Crippen LogP contribution in [0.5, 0.6) is 5.75 Å². The summed E-state index contributed by atoms with van der Waals surface area (Å²) in [6.45, 7) is 3.24. The fraction of sp³-hybridized carbons (Fsp3) is 0.647. The minimum Gasteiger partial charge on any atom is -0.497 e. The van der Waals surface area contributed by atoms with Gasteiger partial charge in [-0.25, -0.2) is 0 Å². The van der Waals surface area contributed by atoms with E-state index in [0.29, 0.717) is 18.6 Å². The molecule has 0 saturated heterocycles. The lowest BCUT2D eigenvalue weighted by Gasteiger charge is -2.37. The Kier molecular flexibility index (Phi) is 6.03. The molecule has 0 radical (unpaired) electrons. The molecule has 2 unspecified atom stereocenters. The van der Waals surface area contributed by atoms with E-state index in [1.165, 1.54) is 0 Å². The van der Waals surface area contributed by atoms with Crippen molar-refractivity contribution in [2.75, 3.05) is 20.3 Å². The van der Waals surface area contributed by atoms with E-state index in [0.717, 1.165) is 37.2 Å². The van der Waals surface area contributed by atoms with Crippen molar-refractivity contribution in [3.8, 4) is 5.75 Å². The maximum atomic E-state index is 10.5. The van der Waals surface area contributed by atoms with Crippen LogP contribution in [0.15, 0.2) is 24.3 Å². The largest absolute Gasteiger partial charge is 0.497 e. The molecule has 4 nitrogen and oxygen atoms in total. The minimum absolute atomic E-state index is 0.0359. The van der Waals surface area contributed by atoms with E-state index < -0.39 is 6.10 Å². The van der Waals surface area contributed by atoms with E-state index in [-0.39, 0.29) is 5.92 Å². The summed E-state index contributed by atoms with van der Waals surface area (Å²) in [5.41, 5.74) is 6.93. The van der Waals surface area contributed by atoms with Gasteiger partial charge in [0.15, 0.2) is 0 Å². The first-order valence-corrected chi connectivity index (χ1v) is 7.81. The molecule has 2 atom stereocenters. The van der Waals surface area contributed by atoms with Crippen LogP contribution in [0.25, 0.3) is 0 Å². The predicted molar refractivity (Wildman–Crippen MR) is 83.6 cm³/mol. The molecule has 1 aromatic carbocycles. The molecule has 1 saturated carbocycles. The van der Waals surface area contributed by atoms with Gasteiger partial charge in [-0.15, -0.1) is 0 Å².